The second-order valence-corrected chi connectivity index (χ2v) is 10.7. The SMILES string of the molecule is CC(C)C[C@H]1COc2ccccc2CCCCCC2(CCN(C(=O)c3ccc(=O)[nH]n3)CC2)C(=O)N1. The summed E-state index contributed by atoms with van der Waals surface area (Å²) in [4.78, 5) is 39.7. The van der Waals surface area contributed by atoms with E-state index in [1.54, 1.807) is 4.90 Å². The molecule has 0 saturated carbocycles. The Hall–Kier alpha value is -3.16. The molecule has 2 N–H and O–H groups in total. The molecule has 0 radical (unpaired) electrons. The normalized spacial score (nSPS) is 20.9. The van der Waals surface area contributed by atoms with E-state index in [0.717, 1.165) is 44.3 Å². The van der Waals surface area contributed by atoms with Crippen LogP contribution in [0, 0.1) is 11.3 Å². The van der Waals surface area contributed by atoms with Crippen molar-refractivity contribution in [2.24, 2.45) is 11.3 Å². The van der Waals surface area contributed by atoms with Crippen molar-refractivity contribution in [1.82, 2.24) is 20.4 Å². The van der Waals surface area contributed by atoms with E-state index >= 15 is 0 Å². The van der Waals surface area contributed by atoms with Crippen LogP contribution < -0.4 is 15.6 Å². The summed E-state index contributed by atoms with van der Waals surface area (Å²) in [5.74, 6) is 1.20. The summed E-state index contributed by atoms with van der Waals surface area (Å²) in [7, 11) is 0. The fraction of sp³-hybridized carbons (Fsp3) is 0.571. The number of ether oxygens (including phenoxy) is 1. The number of carbonyl (C=O) groups excluding carboxylic acids is 2. The number of aromatic amines is 1. The third-order valence-electron chi connectivity index (χ3n) is 7.49. The molecular weight excluding hydrogens is 456 g/mol. The molecule has 194 valence electrons. The van der Waals surface area contributed by atoms with Crippen LogP contribution in [0.2, 0.25) is 0 Å². The topological polar surface area (TPSA) is 104 Å². The Morgan fingerprint density at radius 1 is 1.08 bits per heavy atom. The van der Waals surface area contributed by atoms with Crippen LogP contribution in [0.1, 0.15) is 74.8 Å². The molecule has 1 atom stereocenters. The van der Waals surface area contributed by atoms with Crippen molar-refractivity contribution in [3.05, 3.63) is 58.0 Å². The standard InChI is InChI=1S/C28H38N4O4/c1-20(2)18-22-19-36-24-10-6-5-9-21(24)8-4-3-7-13-28(27(35)29-22)14-16-32(17-15-28)26(34)23-11-12-25(33)31-30-23/h5-6,9-12,20,22H,3-4,7-8,13-19H2,1-2H3,(H,29,35)(H,31,33)/t22-/m0/s1. The van der Waals surface area contributed by atoms with Gasteiger partial charge in [-0.15, -0.1) is 0 Å². The summed E-state index contributed by atoms with van der Waals surface area (Å²) in [5.41, 5.74) is 0.612. The second-order valence-electron chi connectivity index (χ2n) is 10.7. The largest absolute Gasteiger partial charge is 0.491 e. The van der Waals surface area contributed by atoms with E-state index in [9.17, 15) is 14.4 Å². The molecule has 8 nitrogen and oxygen atoms in total. The smallest absolute Gasteiger partial charge is 0.274 e. The lowest BCUT2D eigenvalue weighted by molar-refractivity contribution is -0.135. The lowest BCUT2D eigenvalue weighted by atomic mass is 9.73. The second kappa shape index (κ2) is 11.7. The average Bonchev–Trinajstić information content (AvgIpc) is 2.88. The van der Waals surface area contributed by atoms with E-state index < -0.39 is 5.41 Å². The van der Waals surface area contributed by atoms with Gasteiger partial charge in [-0.3, -0.25) is 14.4 Å². The van der Waals surface area contributed by atoms with Gasteiger partial charge in [-0.2, -0.15) is 5.10 Å². The number of piperidine rings is 1. The van der Waals surface area contributed by atoms with E-state index in [-0.39, 0.29) is 29.1 Å². The van der Waals surface area contributed by atoms with Gasteiger partial charge in [-0.05, 0) is 62.1 Å². The zero-order valence-corrected chi connectivity index (χ0v) is 21.4. The Kier molecular flexibility index (Phi) is 8.44. The fourth-order valence-corrected chi connectivity index (χ4v) is 5.43. The molecule has 3 heterocycles. The van der Waals surface area contributed by atoms with Crippen LogP contribution in [0.15, 0.2) is 41.2 Å². The lowest BCUT2D eigenvalue weighted by Crippen LogP contribution is -2.53. The Labute approximate surface area is 212 Å². The van der Waals surface area contributed by atoms with Gasteiger partial charge in [0.15, 0.2) is 0 Å². The molecule has 36 heavy (non-hydrogen) atoms. The maximum atomic E-state index is 13.8. The number of H-pyrrole nitrogens is 1. The minimum atomic E-state index is -0.495. The maximum absolute atomic E-state index is 13.8. The molecule has 0 aliphatic carbocycles. The summed E-state index contributed by atoms with van der Waals surface area (Å²) in [6.45, 7) is 5.74. The van der Waals surface area contributed by atoms with Gasteiger partial charge >= 0.3 is 0 Å². The minimum absolute atomic E-state index is 0.0758. The van der Waals surface area contributed by atoms with E-state index in [4.69, 9.17) is 4.74 Å². The van der Waals surface area contributed by atoms with Crippen LogP contribution in [0.25, 0.3) is 0 Å². The summed E-state index contributed by atoms with van der Waals surface area (Å²) >= 11 is 0. The van der Waals surface area contributed by atoms with Crippen molar-refractivity contribution in [2.75, 3.05) is 19.7 Å². The predicted octanol–water partition coefficient (Wildman–Crippen LogP) is 3.72. The Morgan fingerprint density at radius 2 is 1.86 bits per heavy atom. The van der Waals surface area contributed by atoms with Gasteiger partial charge in [0.05, 0.1) is 11.5 Å². The van der Waals surface area contributed by atoms with Crippen LogP contribution in [0.5, 0.6) is 5.75 Å². The molecule has 1 aromatic carbocycles. The first-order valence-electron chi connectivity index (χ1n) is 13.2. The van der Waals surface area contributed by atoms with Crippen LogP contribution >= 0.6 is 0 Å². The van der Waals surface area contributed by atoms with Crippen molar-refractivity contribution in [1.29, 1.82) is 0 Å². The van der Waals surface area contributed by atoms with Crippen molar-refractivity contribution in [3.8, 4) is 5.75 Å². The summed E-state index contributed by atoms with van der Waals surface area (Å²) in [6, 6.07) is 10.9. The predicted molar refractivity (Wildman–Crippen MR) is 138 cm³/mol. The quantitative estimate of drug-likeness (QED) is 0.677. The van der Waals surface area contributed by atoms with Gasteiger partial charge in [0.1, 0.15) is 18.1 Å². The number of rotatable bonds is 3. The summed E-state index contributed by atoms with van der Waals surface area (Å²) in [6.07, 6.45) is 6.92. The average molecular weight is 495 g/mol. The van der Waals surface area contributed by atoms with Gasteiger partial charge in [-0.1, -0.05) is 44.9 Å². The number of fused-ring (bicyclic) bond motifs is 1. The van der Waals surface area contributed by atoms with Gasteiger partial charge in [0.2, 0.25) is 5.91 Å². The maximum Gasteiger partial charge on any atom is 0.274 e. The molecule has 1 saturated heterocycles. The molecular formula is C28H38N4O4. The summed E-state index contributed by atoms with van der Waals surface area (Å²) < 4.78 is 6.24. The van der Waals surface area contributed by atoms with Gasteiger partial charge in [0.25, 0.3) is 11.5 Å². The first-order valence-corrected chi connectivity index (χ1v) is 13.2. The van der Waals surface area contributed by atoms with Crippen molar-refractivity contribution < 1.29 is 14.3 Å². The fourth-order valence-electron chi connectivity index (χ4n) is 5.43. The van der Waals surface area contributed by atoms with Gasteiger partial charge in [-0.25, -0.2) is 5.10 Å². The number of aromatic nitrogens is 2. The molecule has 8 heteroatoms. The number of nitrogens with one attached hydrogen (secondary N) is 2. The van der Waals surface area contributed by atoms with Crippen LogP contribution in [-0.4, -0.2) is 52.6 Å². The van der Waals surface area contributed by atoms with E-state index in [1.165, 1.54) is 17.7 Å². The molecule has 2 aliphatic heterocycles. The third-order valence-corrected chi connectivity index (χ3v) is 7.49. The number of amides is 2. The molecule has 2 aliphatic rings. The van der Waals surface area contributed by atoms with Gasteiger partial charge < -0.3 is 15.0 Å². The first kappa shape index (κ1) is 25.9. The van der Waals surface area contributed by atoms with Gasteiger partial charge in [0, 0.05) is 19.2 Å². The minimum Gasteiger partial charge on any atom is -0.491 e. The number of para-hydroxylation sites is 1. The van der Waals surface area contributed by atoms with Crippen molar-refractivity contribution in [2.45, 2.75) is 71.3 Å². The molecule has 2 amide bonds. The van der Waals surface area contributed by atoms with Crippen molar-refractivity contribution >= 4 is 11.8 Å². The number of aryl methyl sites for hydroxylation is 1. The molecule has 1 spiro atoms. The summed E-state index contributed by atoms with van der Waals surface area (Å²) in [5, 5.41) is 9.55. The number of nitrogens with zero attached hydrogens (tertiary/aromatic N) is 2. The van der Waals surface area contributed by atoms with Crippen LogP contribution in [0.3, 0.4) is 0 Å². The number of likely N-dealkylation sites (tertiary alicyclic amines) is 1. The molecule has 1 aromatic heterocycles. The molecule has 1 fully saturated rings. The number of benzene rings is 1. The van der Waals surface area contributed by atoms with Crippen LogP contribution in [0.4, 0.5) is 0 Å². The highest BCUT2D eigenvalue weighted by molar-refractivity contribution is 5.92. The molecule has 2 aromatic rings. The molecule has 0 unspecified atom stereocenters. The Bertz CT molecular complexity index is 1080. The highest BCUT2D eigenvalue weighted by atomic mass is 16.5. The molecule has 0 bridgehead atoms. The van der Waals surface area contributed by atoms with E-state index in [2.05, 4.69) is 41.5 Å². The van der Waals surface area contributed by atoms with Crippen LogP contribution in [-0.2, 0) is 11.2 Å². The lowest BCUT2D eigenvalue weighted by Gasteiger charge is -2.41. The van der Waals surface area contributed by atoms with E-state index in [0.29, 0.717) is 38.5 Å². The van der Waals surface area contributed by atoms with Crippen molar-refractivity contribution in [3.63, 3.8) is 0 Å². The first-order chi connectivity index (χ1) is 17.4. The zero-order valence-electron chi connectivity index (χ0n) is 21.4. The number of carbonyl (C=O) groups is 2. The Morgan fingerprint density at radius 3 is 2.58 bits per heavy atom. The monoisotopic (exact) mass is 494 g/mol. The molecule has 4 rings (SSSR count). The zero-order chi connectivity index (χ0) is 25.5. The Balaban J connectivity index is 1.49. The number of hydrogen-bond acceptors (Lipinski definition) is 5. The highest BCUT2D eigenvalue weighted by Crippen LogP contribution is 2.38. The highest BCUT2D eigenvalue weighted by Gasteiger charge is 2.42. The third kappa shape index (κ3) is 6.33. The van der Waals surface area contributed by atoms with E-state index in [1.807, 2.05) is 12.1 Å². The number of hydrogen-bond donors (Lipinski definition) is 2.